The van der Waals surface area contributed by atoms with E-state index in [0.717, 1.165) is 6.54 Å². The number of rotatable bonds is 5. The highest BCUT2D eigenvalue weighted by Crippen LogP contribution is 2.16. The predicted molar refractivity (Wildman–Crippen MR) is 63.4 cm³/mol. The maximum atomic E-state index is 10.5. The van der Waals surface area contributed by atoms with Gasteiger partial charge in [-0.25, -0.2) is 0 Å². The maximum Gasteiger partial charge on any atom is 0.269 e. The summed E-state index contributed by atoms with van der Waals surface area (Å²) >= 11 is 0. The zero-order valence-electron chi connectivity index (χ0n) is 9.72. The average molecular weight is 237 g/mol. The van der Waals surface area contributed by atoms with Gasteiger partial charge in [0.1, 0.15) is 18.9 Å². The van der Waals surface area contributed by atoms with Crippen molar-refractivity contribution >= 4 is 5.69 Å². The van der Waals surface area contributed by atoms with Crippen molar-refractivity contribution in [2.24, 2.45) is 0 Å². The average Bonchev–Trinajstić information content (AvgIpc) is 2.83. The number of non-ortho nitro benzene ring substituents is 1. The Kier molecular flexibility index (Phi) is 3.93. The van der Waals surface area contributed by atoms with Gasteiger partial charge in [-0.1, -0.05) is 0 Å². The first-order chi connectivity index (χ1) is 8.25. The highest BCUT2D eigenvalue weighted by molar-refractivity contribution is 5.35. The summed E-state index contributed by atoms with van der Waals surface area (Å²) in [5, 5.41) is 10.5. The summed E-state index contributed by atoms with van der Waals surface area (Å²) in [4.78, 5) is 11.6. The van der Waals surface area contributed by atoms with Crippen LogP contribution in [0.5, 0.6) is 5.75 Å². The Morgan fingerprint density at radius 1 is 1.24 bits per heavy atom. The van der Waals surface area contributed by atoms with Crippen molar-refractivity contribution in [3.05, 3.63) is 34.4 Å². The Labute approximate surface area is 100 Å². The second-order valence-electron chi connectivity index (χ2n) is 4.31. The van der Waals surface area contributed by atoms with Crippen LogP contribution in [-0.4, -0.2) is 31.2 Å². The van der Waals surface area contributed by atoms with Crippen LogP contribution in [0.1, 0.15) is 12.8 Å². The van der Waals surface area contributed by atoms with Crippen molar-refractivity contribution in [1.82, 2.24) is 0 Å². The molecule has 0 spiro atoms. The summed E-state index contributed by atoms with van der Waals surface area (Å²) in [7, 11) is 0. The molecule has 1 saturated heterocycles. The molecule has 0 bridgehead atoms. The minimum Gasteiger partial charge on any atom is -0.488 e. The Balaban J connectivity index is 1.76. The van der Waals surface area contributed by atoms with Crippen molar-refractivity contribution in [3.63, 3.8) is 0 Å². The molecule has 5 heteroatoms. The largest absolute Gasteiger partial charge is 0.488 e. The van der Waals surface area contributed by atoms with Crippen molar-refractivity contribution in [1.29, 1.82) is 0 Å². The second kappa shape index (κ2) is 5.63. The molecule has 0 amide bonds. The minimum absolute atomic E-state index is 0.0996. The van der Waals surface area contributed by atoms with Crippen LogP contribution in [0, 0.1) is 10.1 Å². The molecule has 17 heavy (non-hydrogen) atoms. The number of nitro benzene ring substituents is 1. The molecule has 1 fully saturated rings. The van der Waals surface area contributed by atoms with E-state index >= 15 is 0 Å². The first kappa shape index (κ1) is 11.9. The monoisotopic (exact) mass is 237 g/mol. The highest BCUT2D eigenvalue weighted by atomic mass is 16.6. The number of hydrogen-bond acceptors (Lipinski definition) is 3. The van der Waals surface area contributed by atoms with E-state index in [-0.39, 0.29) is 5.69 Å². The number of hydrogen-bond donors (Lipinski definition) is 1. The SMILES string of the molecule is O=[N+]([O-])c1ccc(OCC[NH+]2CCCC2)cc1. The van der Waals surface area contributed by atoms with Gasteiger partial charge in [-0.15, -0.1) is 0 Å². The molecule has 0 atom stereocenters. The number of benzene rings is 1. The summed E-state index contributed by atoms with van der Waals surface area (Å²) in [6.45, 7) is 4.16. The number of nitrogens with one attached hydrogen (secondary N) is 1. The van der Waals surface area contributed by atoms with E-state index in [1.165, 1.54) is 38.1 Å². The fraction of sp³-hybridized carbons (Fsp3) is 0.500. The molecule has 1 aromatic carbocycles. The Morgan fingerprint density at radius 2 is 1.88 bits per heavy atom. The van der Waals surface area contributed by atoms with Gasteiger partial charge in [0.05, 0.1) is 18.0 Å². The Bertz CT molecular complexity index is 372. The lowest BCUT2D eigenvalue weighted by atomic mass is 10.3. The molecule has 0 saturated carbocycles. The molecular weight excluding hydrogens is 220 g/mol. The number of likely N-dealkylation sites (tertiary alicyclic amines) is 1. The highest BCUT2D eigenvalue weighted by Gasteiger charge is 2.14. The third-order valence-electron chi connectivity index (χ3n) is 3.08. The fourth-order valence-corrected chi connectivity index (χ4v) is 2.10. The van der Waals surface area contributed by atoms with Crippen molar-refractivity contribution in [2.45, 2.75) is 12.8 Å². The number of nitro groups is 1. The smallest absolute Gasteiger partial charge is 0.269 e. The van der Waals surface area contributed by atoms with Gasteiger partial charge in [-0.05, 0) is 12.1 Å². The van der Waals surface area contributed by atoms with Gasteiger partial charge in [0.15, 0.2) is 0 Å². The van der Waals surface area contributed by atoms with E-state index < -0.39 is 4.92 Å². The summed E-state index contributed by atoms with van der Waals surface area (Å²) in [6, 6.07) is 6.24. The molecule has 1 aromatic rings. The third-order valence-corrected chi connectivity index (χ3v) is 3.08. The zero-order chi connectivity index (χ0) is 12.1. The summed E-state index contributed by atoms with van der Waals surface area (Å²) in [6.07, 6.45) is 2.62. The van der Waals surface area contributed by atoms with Crippen LogP contribution >= 0.6 is 0 Å². The lowest BCUT2D eigenvalue weighted by Gasteiger charge is -2.12. The van der Waals surface area contributed by atoms with Gasteiger partial charge in [0.25, 0.3) is 5.69 Å². The van der Waals surface area contributed by atoms with Crippen LogP contribution in [0.15, 0.2) is 24.3 Å². The molecule has 5 nitrogen and oxygen atoms in total. The molecule has 1 N–H and O–H groups in total. The third kappa shape index (κ3) is 3.42. The van der Waals surface area contributed by atoms with Crippen LogP contribution in [0.4, 0.5) is 5.69 Å². The maximum absolute atomic E-state index is 10.5. The lowest BCUT2D eigenvalue weighted by molar-refractivity contribution is -0.887. The van der Waals surface area contributed by atoms with Gasteiger partial charge in [-0.3, -0.25) is 10.1 Å². The zero-order valence-corrected chi connectivity index (χ0v) is 9.72. The van der Waals surface area contributed by atoms with Crippen LogP contribution in [0.2, 0.25) is 0 Å². The molecule has 1 heterocycles. The topological polar surface area (TPSA) is 56.8 Å². The van der Waals surface area contributed by atoms with E-state index in [1.807, 2.05) is 0 Å². The molecule has 1 aliphatic rings. The van der Waals surface area contributed by atoms with Crippen LogP contribution in [0.3, 0.4) is 0 Å². The molecule has 0 aromatic heterocycles. The van der Waals surface area contributed by atoms with Crippen molar-refractivity contribution < 1.29 is 14.6 Å². The van der Waals surface area contributed by atoms with Gasteiger partial charge in [0.2, 0.25) is 0 Å². The first-order valence-corrected chi connectivity index (χ1v) is 5.96. The van der Waals surface area contributed by atoms with Crippen LogP contribution in [0.25, 0.3) is 0 Å². The Morgan fingerprint density at radius 3 is 2.47 bits per heavy atom. The molecular formula is C12H17N2O3+. The van der Waals surface area contributed by atoms with E-state index in [1.54, 1.807) is 17.0 Å². The number of quaternary nitrogens is 1. The van der Waals surface area contributed by atoms with E-state index in [0.29, 0.717) is 12.4 Å². The van der Waals surface area contributed by atoms with Gasteiger partial charge >= 0.3 is 0 Å². The molecule has 92 valence electrons. The standard InChI is InChI=1S/C12H16N2O3/c15-14(16)11-3-5-12(6-4-11)17-10-9-13-7-1-2-8-13/h3-6H,1-2,7-10H2/p+1. The number of ether oxygens (including phenoxy) is 1. The van der Waals surface area contributed by atoms with Gasteiger partial charge in [-0.2, -0.15) is 0 Å². The minimum atomic E-state index is -0.405. The first-order valence-electron chi connectivity index (χ1n) is 5.96. The number of nitrogens with zero attached hydrogens (tertiary/aromatic N) is 1. The van der Waals surface area contributed by atoms with Crippen LogP contribution in [-0.2, 0) is 0 Å². The normalized spacial score (nSPS) is 16.0. The Hall–Kier alpha value is -1.62. The fourth-order valence-electron chi connectivity index (χ4n) is 2.10. The quantitative estimate of drug-likeness (QED) is 0.604. The van der Waals surface area contributed by atoms with E-state index in [4.69, 9.17) is 4.74 Å². The molecule has 0 radical (unpaired) electrons. The van der Waals surface area contributed by atoms with Gasteiger partial charge in [0, 0.05) is 25.0 Å². The predicted octanol–water partition coefficient (Wildman–Crippen LogP) is 0.652. The second-order valence-corrected chi connectivity index (χ2v) is 4.31. The van der Waals surface area contributed by atoms with Crippen molar-refractivity contribution in [3.8, 4) is 5.75 Å². The molecule has 0 aliphatic carbocycles. The van der Waals surface area contributed by atoms with E-state index in [2.05, 4.69) is 0 Å². The summed E-state index contributed by atoms with van der Waals surface area (Å²) in [5.41, 5.74) is 0.0996. The van der Waals surface area contributed by atoms with Gasteiger partial charge < -0.3 is 9.64 Å². The molecule has 1 aliphatic heterocycles. The summed E-state index contributed by atoms with van der Waals surface area (Å²) in [5.74, 6) is 0.703. The van der Waals surface area contributed by atoms with Crippen LogP contribution < -0.4 is 9.64 Å². The molecule has 2 rings (SSSR count). The van der Waals surface area contributed by atoms with E-state index in [9.17, 15) is 10.1 Å². The molecule has 0 unspecified atom stereocenters. The lowest BCUT2D eigenvalue weighted by Crippen LogP contribution is -3.10. The van der Waals surface area contributed by atoms with Crippen molar-refractivity contribution in [2.75, 3.05) is 26.2 Å². The summed E-state index contributed by atoms with van der Waals surface area (Å²) < 4.78 is 5.56.